The van der Waals surface area contributed by atoms with Crippen molar-refractivity contribution in [1.82, 2.24) is 16.0 Å². The van der Waals surface area contributed by atoms with Crippen molar-refractivity contribution in [3.63, 3.8) is 0 Å². The third-order valence-corrected chi connectivity index (χ3v) is 2.89. The molecule has 0 spiro atoms. The van der Waals surface area contributed by atoms with Crippen LogP contribution in [0.5, 0.6) is 0 Å². The van der Waals surface area contributed by atoms with Crippen LogP contribution in [-0.4, -0.2) is 31.6 Å². The predicted molar refractivity (Wildman–Crippen MR) is 75.2 cm³/mol. The van der Waals surface area contributed by atoms with Gasteiger partial charge in [-0.25, -0.2) is 4.79 Å². The number of carbonyl (C=O) groups excluding carboxylic acids is 2. The summed E-state index contributed by atoms with van der Waals surface area (Å²) >= 11 is 5.79. The van der Waals surface area contributed by atoms with Crippen LogP contribution in [0.1, 0.15) is 12.5 Å². The van der Waals surface area contributed by atoms with E-state index in [4.69, 9.17) is 11.6 Å². The molecule has 1 aromatic carbocycles. The summed E-state index contributed by atoms with van der Waals surface area (Å²) < 4.78 is 0. The fourth-order valence-corrected chi connectivity index (χ4v) is 1.59. The van der Waals surface area contributed by atoms with Gasteiger partial charge in [0.2, 0.25) is 5.91 Å². The first-order valence-corrected chi connectivity index (χ1v) is 6.41. The Morgan fingerprint density at radius 1 is 1.26 bits per heavy atom. The van der Waals surface area contributed by atoms with Gasteiger partial charge < -0.3 is 10.6 Å². The topological polar surface area (TPSA) is 70.2 Å². The molecule has 0 saturated heterocycles. The number of halogens is 1. The van der Waals surface area contributed by atoms with Crippen molar-refractivity contribution < 1.29 is 9.59 Å². The molecule has 6 heteroatoms. The molecule has 1 atom stereocenters. The Labute approximate surface area is 117 Å². The normalized spacial score (nSPS) is 11.7. The van der Waals surface area contributed by atoms with Crippen LogP contribution in [0.2, 0.25) is 5.02 Å². The molecule has 0 saturated carbocycles. The van der Waals surface area contributed by atoms with Gasteiger partial charge in [-0.05, 0) is 37.6 Å². The summed E-state index contributed by atoms with van der Waals surface area (Å²) in [5, 5.41) is 8.30. The maximum absolute atomic E-state index is 11.5. The molecule has 1 rings (SSSR count). The molecule has 5 nitrogen and oxygen atoms in total. The molecule has 3 N–H and O–H groups in total. The average molecular weight is 284 g/mol. The number of hydrogen-bond donors (Lipinski definition) is 3. The van der Waals surface area contributed by atoms with Crippen LogP contribution in [0.4, 0.5) is 4.79 Å². The maximum Gasteiger partial charge on any atom is 0.321 e. The Hall–Kier alpha value is -1.59. The van der Waals surface area contributed by atoms with Gasteiger partial charge in [0.1, 0.15) is 0 Å². The summed E-state index contributed by atoms with van der Waals surface area (Å²) in [6.07, 6.45) is 0.786. The van der Waals surface area contributed by atoms with Crippen molar-refractivity contribution in [3.05, 3.63) is 34.9 Å². The summed E-state index contributed by atoms with van der Waals surface area (Å²) in [7, 11) is 1.46. The number of rotatable bonds is 5. The lowest BCUT2D eigenvalue weighted by Gasteiger charge is -2.13. The molecular weight excluding hydrogens is 266 g/mol. The lowest BCUT2D eigenvalue weighted by molar-refractivity contribution is -0.121. The smallest absolute Gasteiger partial charge is 0.321 e. The van der Waals surface area contributed by atoms with Crippen LogP contribution in [0.15, 0.2) is 24.3 Å². The van der Waals surface area contributed by atoms with Crippen LogP contribution < -0.4 is 16.0 Å². The quantitative estimate of drug-likeness (QED) is 0.763. The first-order chi connectivity index (χ1) is 9.02. The third-order valence-electron chi connectivity index (χ3n) is 2.63. The van der Waals surface area contributed by atoms with Gasteiger partial charge in [-0.3, -0.25) is 10.1 Å². The molecule has 0 aromatic heterocycles. The van der Waals surface area contributed by atoms with Gasteiger partial charge in [0.05, 0.1) is 6.04 Å². The zero-order chi connectivity index (χ0) is 14.3. The molecule has 0 fully saturated rings. The standard InChI is InChI=1S/C13H18ClN3O2/c1-9(12(18)17-13(19)15-2)16-8-7-10-3-5-11(14)6-4-10/h3-6,9,16H,7-8H2,1-2H3,(H2,15,17,18,19). The van der Waals surface area contributed by atoms with Gasteiger partial charge in [-0.2, -0.15) is 0 Å². The van der Waals surface area contributed by atoms with Crippen LogP contribution in [0, 0.1) is 0 Å². The fourth-order valence-electron chi connectivity index (χ4n) is 1.46. The predicted octanol–water partition coefficient (Wildman–Crippen LogP) is 1.32. The Morgan fingerprint density at radius 2 is 1.89 bits per heavy atom. The number of nitrogens with one attached hydrogen (secondary N) is 3. The number of urea groups is 1. The SMILES string of the molecule is CNC(=O)NC(=O)C(C)NCCc1ccc(Cl)cc1. The van der Waals surface area contributed by atoms with Crippen molar-refractivity contribution in [2.75, 3.05) is 13.6 Å². The lowest BCUT2D eigenvalue weighted by atomic mass is 10.1. The van der Waals surface area contributed by atoms with E-state index in [1.807, 2.05) is 24.3 Å². The highest BCUT2D eigenvalue weighted by Gasteiger charge is 2.13. The highest BCUT2D eigenvalue weighted by atomic mass is 35.5. The van der Waals surface area contributed by atoms with E-state index in [0.717, 1.165) is 12.0 Å². The number of amides is 3. The minimum Gasteiger partial charge on any atom is -0.341 e. The Balaban J connectivity index is 2.30. The molecular formula is C13H18ClN3O2. The number of carbonyl (C=O) groups is 2. The number of imide groups is 1. The zero-order valence-corrected chi connectivity index (χ0v) is 11.8. The van der Waals surface area contributed by atoms with Gasteiger partial charge in [0.15, 0.2) is 0 Å². The minimum absolute atomic E-state index is 0.351. The van der Waals surface area contributed by atoms with Gasteiger partial charge in [-0.1, -0.05) is 23.7 Å². The van der Waals surface area contributed by atoms with Gasteiger partial charge in [0, 0.05) is 12.1 Å². The number of benzene rings is 1. The second-order valence-corrected chi connectivity index (χ2v) is 4.56. The van der Waals surface area contributed by atoms with Crippen LogP contribution >= 0.6 is 11.6 Å². The third kappa shape index (κ3) is 5.72. The Morgan fingerprint density at radius 3 is 2.47 bits per heavy atom. The Bertz CT molecular complexity index is 434. The van der Waals surface area contributed by atoms with Gasteiger partial charge in [-0.15, -0.1) is 0 Å². The van der Waals surface area contributed by atoms with E-state index >= 15 is 0 Å². The monoisotopic (exact) mass is 283 g/mol. The van der Waals surface area contributed by atoms with Crippen molar-refractivity contribution in [3.8, 4) is 0 Å². The summed E-state index contributed by atoms with van der Waals surface area (Å²) in [5.74, 6) is -0.351. The summed E-state index contributed by atoms with van der Waals surface area (Å²) in [4.78, 5) is 22.5. The van der Waals surface area contributed by atoms with E-state index in [-0.39, 0.29) is 5.91 Å². The van der Waals surface area contributed by atoms with Gasteiger partial charge >= 0.3 is 6.03 Å². The molecule has 3 amide bonds. The molecule has 1 unspecified atom stereocenters. The Kier molecular flexibility index (Phi) is 6.32. The molecule has 0 aliphatic rings. The minimum atomic E-state index is -0.503. The number of hydrogen-bond acceptors (Lipinski definition) is 3. The van der Waals surface area contributed by atoms with E-state index in [1.165, 1.54) is 7.05 Å². The summed E-state index contributed by atoms with van der Waals surface area (Å²) in [5.41, 5.74) is 1.14. The zero-order valence-electron chi connectivity index (χ0n) is 11.0. The molecule has 0 bridgehead atoms. The lowest BCUT2D eigenvalue weighted by Crippen LogP contribution is -2.47. The van der Waals surface area contributed by atoms with Crippen molar-refractivity contribution in [2.45, 2.75) is 19.4 Å². The summed E-state index contributed by atoms with van der Waals surface area (Å²) in [6.45, 7) is 2.35. The first-order valence-electron chi connectivity index (χ1n) is 6.03. The molecule has 0 heterocycles. The molecule has 19 heavy (non-hydrogen) atoms. The molecule has 0 aliphatic carbocycles. The maximum atomic E-state index is 11.5. The van der Waals surface area contributed by atoms with E-state index in [2.05, 4.69) is 16.0 Å². The van der Waals surface area contributed by atoms with Crippen molar-refractivity contribution in [1.29, 1.82) is 0 Å². The fraction of sp³-hybridized carbons (Fsp3) is 0.385. The first kappa shape index (κ1) is 15.5. The highest BCUT2D eigenvalue weighted by molar-refractivity contribution is 6.30. The van der Waals surface area contributed by atoms with Crippen LogP contribution in [-0.2, 0) is 11.2 Å². The van der Waals surface area contributed by atoms with E-state index in [9.17, 15) is 9.59 Å². The van der Waals surface area contributed by atoms with Crippen molar-refractivity contribution in [2.24, 2.45) is 0 Å². The van der Waals surface area contributed by atoms with Crippen molar-refractivity contribution >= 4 is 23.5 Å². The summed E-state index contributed by atoms with van der Waals surface area (Å²) in [6, 6.07) is 6.62. The van der Waals surface area contributed by atoms with Crippen LogP contribution in [0.3, 0.4) is 0 Å². The highest BCUT2D eigenvalue weighted by Crippen LogP contribution is 2.09. The molecule has 1 aromatic rings. The van der Waals surface area contributed by atoms with Crippen LogP contribution in [0.25, 0.3) is 0 Å². The molecule has 0 radical (unpaired) electrons. The largest absolute Gasteiger partial charge is 0.341 e. The second-order valence-electron chi connectivity index (χ2n) is 4.12. The second kappa shape index (κ2) is 7.76. The van der Waals surface area contributed by atoms with E-state index < -0.39 is 12.1 Å². The van der Waals surface area contributed by atoms with Gasteiger partial charge in [0.25, 0.3) is 0 Å². The molecule has 0 aliphatic heterocycles. The van der Waals surface area contributed by atoms with E-state index in [1.54, 1.807) is 6.92 Å². The average Bonchev–Trinajstić information content (AvgIpc) is 2.40. The van der Waals surface area contributed by atoms with E-state index in [0.29, 0.717) is 11.6 Å². The molecule has 104 valence electrons.